The van der Waals surface area contributed by atoms with E-state index in [1.54, 1.807) is 91.8 Å². The van der Waals surface area contributed by atoms with Gasteiger partial charge in [0.1, 0.15) is 0 Å². The van der Waals surface area contributed by atoms with Crippen LogP contribution in [-0.4, -0.2) is 77.7 Å². The number of esters is 4. The maximum absolute atomic E-state index is 13.2. The number of carbonyl (C=O) groups excluding carboxylic acids is 4. The number of nitrogens with one attached hydrogen (secondary N) is 2. The van der Waals surface area contributed by atoms with Gasteiger partial charge in [-0.1, -0.05) is 12.1 Å². The topological polar surface area (TPSA) is 166 Å². The lowest BCUT2D eigenvalue weighted by molar-refractivity contribution is -0.141. The molecule has 2 heterocycles. The molecule has 0 saturated carbocycles. The minimum Gasteiger partial charge on any atom is -0.493 e. The summed E-state index contributed by atoms with van der Waals surface area (Å²) >= 11 is 0. The third-order valence-electron chi connectivity index (χ3n) is 9.60. The van der Waals surface area contributed by atoms with Crippen molar-refractivity contribution in [3.8, 4) is 23.0 Å². The molecule has 0 aliphatic carbocycles. The van der Waals surface area contributed by atoms with E-state index >= 15 is 0 Å². The van der Waals surface area contributed by atoms with Crippen molar-refractivity contribution in [1.29, 1.82) is 0 Å². The molecule has 0 bridgehead atoms. The quantitative estimate of drug-likeness (QED) is 0.0879. The van der Waals surface area contributed by atoms with Crippen molar-refractivity contribution < 1.29 is 57.1 Å². The highest BCUT2D eigenvalue weighted by Gasteiger charge is 2.40. The third kappa shape index (κ3) is 10.1. The van der Waals surface area contributed by atoms with E-state index in [1.807, 2.05) is 0 Å². The van der Waals surface area contributed by atoms with Crippen LogP contribution in [0, 0.1) is 0 Å². The van der Waals surface area contributed by atoms with Gasteiger partial charge in [0, 0.05) is 22.8 Å². The molecular weight excluding hydrogens is 748 g/mol. The molecule has 4 rings (SSSR count). The molecule has 0 spiro atoms. The highest BCUT2D eigenvalue weighted by atomic mass is 16.5. The Morgan fingerprint density at radius 2 is 0.776 bits per heavy atom. The van der Waals surface area contributed by atoms with E-state index in [1.165, 1.54) is 14.2 Å². The molecule has 314 valence electrons. The average molecular weight is 805 g/mol. The summed E-state index contributed by atoms with van der Waals surface area (Å²) < 4.78 is 45.2. The maximum atomic E-state index is 13.2. The van der Waals surface area contributed by atoms with Gasteiger partial charge in [0.2, 0.25) is 0 Å². The number of carbonyl (C=O) groups is 4. The normalized spacial score (nSPS) is 14.7. The van der Waals surface area contributed by atoms with Gasteiger partial charge in [0.05, 0.1) is 88.0 Å². The van der Waals surface area contributed by atoms with Crippen LogP contribution < -0.4 is 29.6 Å². The number of hydrogen-bond acceptors (Lipinski definition) is 14. The third-order valence-corrected chi connectivity index (χ3v) is 9.60. The van der Waals surface area contributed by atoms with E-state index in [2.05, 4.69) is 10.6 Å². The first-order valence-electron chi connectivity index (χ1n) is 19.5. The fraction of sp³-hybridized carbons (Fsp3) is 0.455. The van der Waals surface area contributed by atoms with Crippen molar-refractivity contribution in [2.24, 2.45) is 0 Å². The second-order valence-electron chi connectivity index (χ2n) is 13.4. The van der Waals surface area contributed by atoms with Crippen molar-refractivity contribution in [2.45, 2.75) is 80.1 Å². The van der Waals surface area contributed by atoms with E-state index in [0.717, 1.165) is 0 Å². The number of benzene rings is 2. The number of allylic oxidation sites excluding steroid dienone is 4. The second kappa shape index (κ2) is 21.0. The summed E-state index contributed by atoms with van der Waals surface area (Å²) in [6.45, 7) is 15.4. The summed E-state index contributed by atoms with van der Waals surface area (Å²) in [4.78, 5) is 52.8. The van der Waals surface area contributed by atoms with Crippen LogP contribution in [0.5, 0.6) is 23.0 Å². The SMILES string of the molecule is CCOC(=O)C1=C(C)NC(C)=C(C(=O)OCC)C1c1ccc(OCCCCOc2ccc(C3C(C(=O)OCC)=C(C)NC(C)=C3C(=O)OCC)cc2OC)c(OC)c1. The van der Waals surface area contributed by atoms with E-state index in [4.69, 9.17) is 37.9 Å². The van der Waals surface area contributed by atoms with E-state index in [-0.39, 0.29) is 26.4 Å². The molecule has 58 heavy (non-hydrogen) atoms. The molecular formula is C44H56N2O12. The van der Waals surface area contributed by atoms with Crippen LogP contribution in [0.4, 0.5) is 0 Å². The first kappa shape index (κ1) is 44.8. The molecule has 0 atom stereocenters. The molecule has 0 aromatic heterocycles. The van der Waals surface area contributed by atoms with Gasteiger partial charge >= 0.3 is 23.9 Å². The van der Waals surface area contributed by atoms with Crippen molar-refractivity contribution in [2.75, 3.05) is 53.9 Å². The molecule has 2 aliphatic heterocycles. The summed E-state index contributed by atoms with van der Waals surface area (Å²) in [5, 5.41) is 6.29. The molecule has 0 saturated heterocycles. The summed E-state index contributed by atoms with van der Waals surface area (Å²) in [6.07, 6.45) is 1.27. The first-order valence-corrected chi connectivity index (χ1v) is 19.5. The molecule has 0 fully saturated rings. The molecule has 0 radical (unpaired) electrons. The smallest absolute Gasteiger partial charge is 0.336 e. The highest BCUT2D eigenvalue weighted by molar-refractivity contribution is 6.01. The molecule has 14 nitrogen and oxygen atoms in total. The van der Waals surface area contributed by atoms with Gasteiger partial charge in [0.25, 0.3) is 0 Å². The second-order valence-corrected chi connectivity index (χ2v) is 13.4. The number of methoxy groups -OCH3 is 2. The van der Waals surface area contributed by atoms with Gasteiger partial charge in [-0.3, -0.25) is 0 Å². The number of unbranched alkanes of at least 4 members (excludes halogenated alkanes) is 1. The van der Waals surface area contributed by atoms with Crippen LogP contribution in [-0.2, 0) is 38.1 Å². The lowest BCUT2D eigenvalue weighted by atomic mass is 9.80. The Morgan fingerprint density at radius 1 is 0.483 bits per heavy atom. The van der Waals surface area contributed by atoms with Crippen LogP contribution in [0.1, 0.15) is 91.2 Å². The lowest BCUT2D eigenvalue weighted by Crippen LogP contribution is -2.32. The summed E-state index contributed by atoms with van der Waals surface area (Å²) in [5.74, 6) is -1.81. The van der Waals surface area contributed by atoms with Crippen molar-refractivity contribution in [3.63, 3.8) is 0 Å². The van der Waals surface area contributed by atoms with Crippen LogP contribution in [0.3, 0.4) is 0 Å². The number of ether oxygens (including phenoxy) is 8. The Hall–Kier alpha value is -5.92. The van der Waals surface area contributed by atoms with Crippen molar-refractivity contribution >= 4 is 23.9 Å². The Bertz CT molecular complexity index is 1770. The Labute approximate surface area is 340 Å². The molecule has 2 N–H and O–H groups in total. The zero-order valence-electron chi connectivity index (χ0n) is 35.2. The largest absolute Gasteiger partial charge is 0.493 e. The fourth-order valence-corrected chi connectivity index (χ4v) is 7.11. The van der Waals surface area contributed by atoms with Crippen LogP contribution >= 0.6 is 0 Å². The fourth-order valence-electron chi connectivity index (χ4n) is 7.11. The maximum Gasteiger partial charge on any atom is 0.336 e. The molecule has 2 aromatic rings. The van der Waals surface area contributed by atoms with E-state index in [0.29, 0.717) is 105 Å². The van der Waals surface area contributed by atoms with Gasteiger partial charge in [-0.25, -0.2) is 19.2 Å². The van der Waals surface area contributed by atoms with Gasteiger partial charge in [-0.2, -0.15) is 0 Å². The Morgan fingerprint density at radius 3 is 1.03 bits per heavy atom. The van der Waals surface area contributed by atoms with Crippen molar-refractivity contribution in [3.05, 3.63) is 92.6 Å². The van der Waals surface area contributed by atoms with Crippen molar-refractivity contribution in [1.82, 2.24) is 10.6 Å². The van der Waals surface area contributed by atoms with Gasteiger partial charge in [0.15, 0.2) is 23.0 Å². The monoisotopic (exact) mass is 804 g/mol. The molecule has 2 aliphatic rings. The Balaban J connectivity index is 1.47. The van der Waals surface area contributed by atoms with Gasteiger partial charge in [-0.05, 0) is 104 Å². The predicted molar refractivity (Wildman–Crippen MR) is 215 cm³/mol. The van der Waals surface area contributed by atoms with E-state index in [9.17, 15) is 19.2 Å². The first-order chi connectivity index (χ1) is 27.9. The van der Waals surface area contributed by atoms with E-state index < -0.39 is 35.7 Å². The molecule has 14 heteroatoms. The van der Waals surface area contributed by atoms with Gasteiger partial charge < -0.3 is 48.5 Å². The highest BCUT2D eigenvalue weighted by Crippen LogP contribution is 2.44. The zero-order chi connectivity index (χ0) is 42.5. The summed E-state index contributed by atoms with van der Waals surface area (Å²) in [6, 6.07) is 10.6. The minimum atomic E-state index is -0.759. The molecule has 2 aromatic carbocycles. The average Bonchev–Trinajstić information content (AvgIpc) is 3.18. The molecule has 0 unspecified atom stereocenters. The minimum absolute atomic E-state index is 0.174. The van der Waals surface area contributed by atoms with Crippen LogP contribution in [0.25, 0.3) is 0 Å². The predicted octanol–water partition coefficient (Wildman–Crippen LogP) is 6.66. The van der Waals surface area contributed by atoms with Crippen LogP contribution in [0.15, 0.2) is 81.5 Å². The summed E-state index contributed by atoms with van der Waals surface area (Å²) in [7, 11) is 3.05. The number of hydrogen-bond donors (Lipinski definition) is 2. The number of dihydropyridines is 2. The molecule has 0 amide bonds. The standard InChI is InChI=1S/C44H56N2O12/c1-11-53-41(47)35-25(5)45-26(6)36(42(48)54-12-2)39(35)29-17-19-31(33(23-29)51-9)57-21-15-16-22-58-32-20-18-30(24-34(32)52-10)40-37(43(49)55-13-3)27(7)46-28(8)38(40)44(50)56-14-4/h17-20,23-24,39-40,45-46H,11-16,21-22H2,1-10H3. The van der Waals surface area contributed by atoms with Gasteiger partial charge in [-0.15, -0.1) is 0 Å². The lowest BCUT2D eigenvalue weighted by Gasteiger charge is -2.30. The van der Waals surface area contributed by atoms with Crippen LogP contribution in [0.2, 0.25) is 0 Å². The zero-order valence-corrected chi connectivity index (χ0v) is 35.2. The Kier molecular flexibility index (Phi) is 16.2. The number of rotatable bonds is 19. The summed E-state index contributed by atoms with van der Waals surface area (Å²) in [5.41, 5.74) is 4.83.